The van der Waals surface area contributed by atoms with E-state index in [1.807, 2.05) is 17.0 Å². The van der Waals surface area contributed by atoms with Crippen LogP contribution in [0, 0.1) is 0 Å². The maximum Gasteiger partial charge on any atom is 0.258 e. The number of benzene rings is 2. The number of rotatable bonds is 3. The quantitative estimate of drug-likeness (QED) is 0.652. The number of carbonyl (C=O) groups is 1. The van der Waals surface area contributed by atoms with Crippen LogP contribution in [-0.2, 0) is 16.8 Å². The van der Waals surface area contributed by atoms with Gasteiger partial charge in [0.15, 0.2) is 5.54 Å². The lowest BCUT2D eigenvalue weighted by atomic mass is 9.82. The molecule has 0 saturated heterocycles. The van der Waals surface area contributed by atoms with Crippen molar-refractivity contribution in [1.82, 2.24) is 10.3 Å². The maximum absolute atomic E-state index is 13.8. The summed E-state index contributed by atoms with van der Waals surface area (Å²) >= 11 is 3.61. The van der Waals surface area contributed by atoms with Crippen LogP contribution in [0.15, 0.2) is 46.9 Å². The highest BCUT2D eigenvalue weighted by Crippen LogP contribution is 2.48. The summed E-state index contributed by atoms with van der Waals surface area (Å²) in [6.07, 6.45) is 2.98. The van der Waals surface area contributed by atoms with E-state index in [4.69, 9.17) is 0 Å². The molecular formula is C22H22BrN3O. The number of nitrogens with one attached hydrogen (secondary N) is 2. The molecule has 1 spiro atoms. The van der Waals surface area contributed by atoms with Gasteiger partial charge in [-0.1, -0.05) is 47.5 Å². The normalized spacial score (nSPS) is 21.1. The molecule has 0 fully saturated rings. The van der Waals surface area contributed by atoms with Crippen LogP contribution in [0.25, 0.3) is 10.9 Å². The minimum absolute atomic E-state index is 0.136. The first-order chi connectivity index (χ1) is 13.2. The molecule has 3 aromatic rings. The van der Waals surface area contributed by atoms with E-state index in [9.17, 15) is 4.79 Å². The Balaban J connectivity index is 1.78. The molecule has 0 saturated carbocycles. The standard InChI is InChI=1S/C22H22BrN3O/c1-2-3-12-26-19-9-8-14(23)13-17(19)22(21(26)27)20-16(10-11-24-22)15-6-4-5-7-18(15)25-20/h4-9,13,24-25H,2-3,10-12H2,1H3/t22-/m1/s1. The predicted octanol–water partition coefficient (Wildman–Crippen LogP) is 4.47. The third-order valence-corrected chi connectivity index (χ3v) is 6.40. The van der Waals surface area contributed by atoms with Crippen LogP contribution in [0.1, 0.15) is 36.6 Å². The molecule has 2 aromatic carbocycles. The fourth-order valence-electron chi connectivity index (χ4n) is 4.66. The molecule has 0 unspecified atom stereocenters. The van der Waals surface area contributed by atoms with E-state index in [1.54, 1.807) is 0 Å². The number of amides is 1. The molecule has 2 N–H and O–H groups in total. The molecule has 5 heteroatoms. The largest absolute Gasteiger partial charge is 0.356 e. The number of hydrogen-bond acceptors (Lipinski definition) is 2. The summed E-state index contributed by atoms with van der Waals surface area (Å²) in [6.45, 7) is 3.70. The predicted molar refractivity (Wildman–Crippen MR) is 112 cm³/mol. The number of H-pyrrole nitrogens is 1. The summed E-state index contributed by atoms with van der Waals surface area (Å²) in [5.74, 6) is 0.136. The zero-order valence-electron chi connectivity index (χ0n) is 15.3. The van der Waals surface area contributed by atoms with Crippen molar-refractivity contribution in [1.29, 1.82) is 0 Å². The molecule has 2 aliphatic rings. The highest BCUT2D eigenvalue weighted by molar-refractivity contribution is 9.10. The minimum Gasteiger partial charge on any atom is -0.356 e. The number of aromatic nitrogens is 1. The molecule has 2 aliphatic heterocycles. The van der Waals surface area contributed by atoms with Crippen LogP contribution in [-0.4, -0.2) is 24.0 Å². The first kappa shape index (κ1) is 17.0. The van der Waals surface area contributed by atoms with Gasteiger partial charge in [-0.2, -0.15) is 0 Å². The summed E-state index contributed by atoms with van der Waals surface area (Å²) in [7, 11) is 0. The number of unbranched alkanes of at least 4 members (excludes halogenated alkanes) is 1. The van der Waals surface area contributed by atoms with E-state index >= 15 is 0 Å². The maximum atomic E-state index is 13.8. The Hall–Kier alpha value is -2.11. The molecule has 5 rings (SSSR count). The Kier molecular flexibility index (Phi) is 3.92. The molecular weight excluding hydrogens is 402 g/mol. The van der Waals surface area contributed by atoms with Crippen LogP contribution >= 0.6 is 15.9 Å². The molecule has 138 valence electrons. The summed E-state index contributed by atoms with van der Waals surface area (Å²) in [5.41, 5.74) is 4.63. The number of nitrogens with zero attached hydrogens (tertiary/aromatic N) is 1. The topological polar surface area (TPSA) is 48.1 Å². The van der Waals surface area contributed by atoms with Crippen LogP contribution in [0.3, 0.4) is 0 Å². The van der Waals surface area contributed by atoms with Crippen LogP contribution in [0.4, 0.5) is 5.69 Å². The van der Waals surface area contributed by atoms with Crippen molar-refractivity contribution < 1.29 is 4.79 Å². The highest BCUT2D eigenvalue weighted by atomic mass is 79.9. The second-order valence-electron chi connectivity index (χ2n) is 7.42. The van der Waals surface area contributed by atoms with E-state index < -0.39 is 5.54 Å². The van der Waals surface area contributed by atoms with Gasteiger partial charge in [-0.25, -0.2) is 0 Å². The van der Waals surface area contributed by atoms with Crippen molar-refractivity contribution in [3.63, 3.8) is 0 Å². The molecule has 1 atom stereocenters. The first-order valence-corrected chi connectivity index (χ1v) is 10.4. The number of fused-ring (bicyclic) bond motifs is 6. The van der Waals surface area contributed by atoms with Crippen molar-refractivity contribution in [3.8, 4) is 0 Å². The number of para-hydroxylation sites is 1. The van der Waals surface area contributed by atoms with E-state index in [0.717, 1.165) is 59.3 Å². The van der Waals surface area contributed by atoms with Crippen molar-refractivity contribution >= 4 is 38.4 Å². The Morgan fingerprint density at radius 1 is 1.22 bits per heavy atom. The zero-order valence-corrected chi connectivity index (χ0v) is 16.9. The van der Waals surface area contributed by atoms with Crippen molar-refractivity contribution in [2.75, 3.05) is 18.0 Å². The van der Waals surface area contributed by atoms with Gasteiger partial charge in [0.1, 0.15) is 0 Å². The molecule has 0 aliphatic carbocycles. The van der Waals surface area contributed by atoms with Crippen LogP contribution in [0.2, 0.25) is 0 Å². The third kappa shape index (κ3) is 2.28. The fraction of sp³-hybridized carbons (Fsp3) is 0.318. The van der Waals surface area contributed by atoms with Crippen molar-refractivity contribution in [2.45, 2.75) is 31.7 Å². The number of anilines is 1. The van der Waals surface area contributed by atoms with Crippen molar-refractivity contribution in [3.05, 3.63) is 63.8 Å². The van der Waals surface area contributed by atoms with Gasteiger partial charge in [0.25, 0.3) is 5.91 Å². The number of hydrogen-bond donors (Lipinski definition) is 2. The molecule has 0 bridgehead atoms. The summed E-state index contributed by atoms with van der Waals surface area (Å²) in [5, 5.41) is 4.83. The van der Waals surface area contributed by atoms with Gasteiger partial charge in [-0.15, -0.1) is 0 Å². The summed E-state index contributed by atoms with van der Waals surface area (Å²) in [6, 6.07) is 14.6. The van der Waals surface area contributed by atoms with Gasteiger partial charge >= 0.3 is 0 Å². The summed E-state index contributed by atoms with van der Waals surface area (Å²) < 4.78 is 0.996. The fourth-order valence-corrected chi connectivity index (χ4v) is 5.03. The van der Waals surface area contributed by atoms with E-state index in [0.29, 0.717) is 0 Å². The zero-order chi connectivity index (χ0) is 18.6. The molecule has 1 aromatic heterocycles. The lowest BCUT2D eigenvalue weighted by Crippen LogP contribution is -2.55. The SMILES string of the molecule is CCCCN1C(=O)[C@@]2(NCCc3c2[nH]c2ccccc32)c2cc(Br)ccc21. The average molecular weight is 424 g/mol. The Bertz CT molecular complexity index is 1060. The third-order valence-electron chi connectivity index (χ3n) is 5.91. The lowest BCUT2D eigenvalue weighted by Gasteiger charge is -2.34. The number of carbonyl (C=O) groups excluding carboxylic acids is 1. The Labute approximate surface area is 167 Å². The molecule has 27 heavy (non-hydrogen) atoms. The summed E-state index contributed by atoms with van der Waals surface area (Å²) in [4.78, 5) is 19.4. The van der Waals surface area contributed by atoms with Crippen LogP contribution < -0.4 is 10.2 Å². The van der Waals surface area contributed by atoms with Gasteiger partial charge in [0, 0.05) is 39.7 Å². The van der Waals surface area contributed by atoms with Gasteiger partial charge in [0.05, 0.1) is 5.69 Å². The van der Waals surface area contributed by atoms with Gasteiger partial charge in [-0.3, -0.25) is 10.1 Å². The average Bonchev–Trinajstić information content (AvgIpc) is 3.17. The Morgan fingerprint density at radius 3 is 2.93 bits per heavy atom. The molecule has 4 nitrogen and oxygen atoms in total. The van der Waals surface area contributed by atoms with E-state index in [2.05, 4.69) is 63.5 Å². The second kappa shape index (κ2) is 6.21. The molecule has 3 heterocycles. The lowest BCUT2D eigenvalue weighted by molar-refractivity contribution is -0.123. The molecule has 0 radical (unpaired) electrons. The van der Waals surface area contributed by atoms with Gasteiger partial charge in [-0.05, 0) is 42.7 Å². The van der Waals surface area contributed by atoms with Gasteiger partial charge < -0.3 is 9.88 Å². The van der Waals surface area contributed by atoms with Crippen molar-refractivity contribution in [2.24, 2.45) is 0 Å². The van der Waals surface area contributed by atoms with E-state index in [-0.39, 0.29) is 5.91 Å². The monoisotopic (exact) mass is 423 g/mol. The molecule has 1 amide bonds. The van der Waals surface area contributed by atoms with Gasteiger partial charge in [0.2, 0.25) is 0 Å². The smallest absolute Gasteiger partial charge is 0.258 e. The first-order valence-electron chi connectivity index (χ1n) is 9.64. The number of aromatic amines is 1. The Morgan fingerprint density at radius 2 is 2.07 bits per heavy atom. The van der Waals surface area contributed by atoms with Crippen LogP contribution in [0.5, 0.6) is 0 Å². The van der Waals surface area contributed by atoms with E-state index in [1.165, 1.54) is 10.9 Å². The highest BCUT2D eigenvalue weighted by Gasteiger charge is 2.55. The second-order valence-corrected chi connectivity index (χ2v) is 8.34. The minimum atomic E-state index is -0.820. The number of halogens is 1.